The molecule has 0 aromatic heterocycles. The molecule has 0 aromatic carbocycles. The third-order valence-electron chi connectivity index (χ3n) is 1.18. The van der Waals surface area contributed by atoms with Gasteiger partial charge in [-0.15, -0.1) is 0 Å². The fourth-order valence-corrected chi connectivity index (χ4v) is 0.623. The molecule has 1 rings (SSSR count). The first-order valence-corrected chi connectivity index (χ1v) is 2.41. The van der Waals surface area contributed by atoms with Crippen LogP contribution in [0.15, 0.2) is 0 Å². The number of likely N-dealkylation sites (N-methyl/N-ethyl adjacent to an activating group) is 1. The minimum Gasteiger partial charge on any atom is -0.221 e. The molecule has 8 heavy (non-hydrogen) atoms. The lowest BCUT2D eigenvalue weighted by molar-refractivity contribution is -0.433. The number of nitrogens with zero attached hydrogens (tertiary/aromatic N) is 2. The van der Waals surface area contributed by atoms with Crippen molar-refractivity contribution in [1.82, 2.24) is 4.90 Å². The fourth-order valence-electron chi connectivity index (χ4n) is 0.623. The molecular weight excluding hydrogens is 108 g/mol. The van der Waals surface area contributed by atoms with E-state index in [0.29, 0.717) is 17.8 Å². The predicted octanol–water partition coefficient (Wildman–Crippen LogP) is -0.169. The van der Waals surface area contributed by atoms with Crippen LogP contribution in [0.25, 0.3) is 0 Å². The van der Waals surface area contributed by atoms with Gasteiger partial charge in [-0.2, -0.15) is 4.79 Å². The first-order valence-electron chi connectivity index (χ1n) is 2.41. The van der Waals surface area contributed by atoms with Crippen molar-refractivity contribution >= 4 is 6.03 Å². The quantitative estimate of drug-likeness (QED) is 0.411. The van der Waals surface area contributed by atoms with Crippen LogP contribution in [-0.4, -0.2) is 35.8 Å². The maximum absolute atomic E-state index is 10.4. The lowest BCUT2D eigenvalue weighted by Gasteiger charge is -1.89. The smallest absolute Gasteiger partial charge is 0.221 e. The second kappa shape index (κ2) is 1.54. The highest BCUT2D eigenvalue weighted by Crippen LogP contribution is 1.96. The molecule has 1 aliphatic rings. The van der Waals surface area contributed by atoms with Crippen LogP contribution >= 0.6 is 0 Å². The monoisotopic (exact) mass is 115 g/mol. The third kappa shape index (κ3) is 0.576. The Morgan fingerprint density at radius 2 is 2.38 bits per heavy atom. The van der Waals surface area contributed by atoms with Gasteiger partial charge in [-0.3, -0.25) is 0 Å². The van der Waals surface area contributed by atoms with E-state index in [2.05, 4.69) is 0 Å². The lowest BCUT2D eigenvalue weighted by atomic mass is 10.7. The number of hydrogen-bond acceptors (Lipinski definition) is 2. The fraction of sp³-hybridized carbons (Fsp3) is 0.750. The number of carbonyl (C=O) groups is 1. The van der Waals surface area contributed by atoms with Crippen molar-refractivity contribution in [2.24, 2.45) is 0 Å². The largest absolute Gasteiger partial charge is 0.531 e. The lowest BCUT2D eigenvalue weighted by Crippen LogP contribution is -2.20. The van der Waals surface area contributed by atoms with Gasteiger partial charge < -0.3 is 0 Å². The molecule has 0 N–H and O–H groups in total. The Morgan fingerprint density at radius 1 is 1.75 bits per heavy atom. The van der Waals surface area contributed by atoms with E-state index in [1.54, 1.807) is 7.05 Å². The highest BCUT2D eigenvalue weighted by atomic mass is 16.3. The maximum atomic E-state index is 10.4. The Morgan fingerprint density at radius 3 is 2.50 bits per heavy atom. The van der Waals surface area contributed by atoms with Crippen LogP contribution in [0.4, 0.5) is 4.79 Å². The second-order valence-corrected chi connectivity index (χ2v) is 1.81. The molecule has 0 saturated carbocycles. The summed E-state index contributed by atoms with van der Waals surface area (Å²) in [6, 6.07) is -0.426. The molecule has 1 aliphatic heterocycles. The van der Waals surface area contributed by atoms with Gasteiger partial charge >= 0.3 is 6.03 Å². The number of amides is 2. The van der Waals surface area contributed by atoms with Crippen molar-refractivity contribution in [1.29, 1.82) is 0 Å². The molecule has 44 valence electrons. The van der Waals surface area contributed by atoms with Gasteiger partial charge in [0.1, 0.15) is 6.54 Å². The summed E-state index contributed by atoms with van der Waals surface area (Å²) >= 11 is 0. The average molecular weight is 115 g/mol. The van der Waals surface area contributed by atoms with E-state index >= 15 is 0 Å². The molecule has 2 amide bonds. The molecule has 4 heteroatoms. The van der Waals surface area contributed by atoms with E-state index in [1.165, 1.54) is 4.90 Å². The van der Waals surface area contributed by atoms with E-state index in [9.17, 15) is 9.70 Å². The van der Waals surface area contributed by atoms with Crippen LogP contribution in [0, 0.1) is 4.91 Å². The summed E-state index contributed by atoms with van der Waals surface area (Å²) in [7, 11) is 1.61. The van der Waals surface area contributed by atoms with E-state index < -0.39 is 6.03 Å². The molecule has 1 saturated heterocycles. The SMILES string of the molecule is CN1CC[N+](=O)C1=O. The number of hydrogen-bond donors (Lipinski definition) is 0. The Labute approximate surface area is 46.7 Å². The van der Waals surface area contributed by atoms with Crippen LogP contribution in [0.5, 0.6) is 0 Å². The van der Waals surface area contributed by atoms with Gasteiger partial charge in [-0.05, 0) is 0 Å². The molecule has 0 radical (unpaired) electrons. The summed E-state index contributed by atoms with van der Waals surface area (Å²) in [5, 5.41) is 0. The van der Waals surface area contributed by atoms with Crippen LogP contribution in [0.1, 0.15) is 0 Å². The molecule has 0 aliphatic carbocycles. The topological polar surface area (TPSA) is 40.4 Å². The highest BCUT2D eigenvalue weighted by Gasteiger charge is 2.33. The second-order valence-electron chi connectivity index (χ2n) is 1.81. The van der Waals surface area contributed by atoms with Gasteiger partial charge in [0.15, 0.2) is 6.54 Å². The van der Waals surface area contributed by atoms with E-state index in [1.807, 2.05) is 0 Å². The van der Waals surface area contributed by atoms with Gasteiger partial charge in [0.25, 0.3) is 0 Å². The van der Waals surface area contributed by atoms with Crippen molar-refractivity contribution in [3.63, 3.8) is 0 Å². The van der Waals surface area contributed by atoms with Crippen molar-refractivity contribution in [2.45, 2.75) is 0 Å². The normalized spacial score (nSPS) is 20.4. The number of rotatable bonds is 0. The van der Waals surface area contributed by atoms with Crippen LogP contribution in [0.3, 0.4) is 0 Å². The number of urea groups is 1. The summed E-state index contributed by atoms with van der Waals surface area (Å²) < 4.78 is 0.458. The standard InChI is InChI=1S/C4H7N2O2/c1-5-2-3-6(8)4(5)7/h2-3H2,1H3/q+1. The molecule has 0 unspecified atom stereocenters. The molecule has 0 atom stereocenters. The maximum Gasteiger partial charge on any atom is 0.531 e. The zero-order valence-corrected chi connectivity index (χ0v) is 4.63. The van der Waals surface area contributed by atoms with Crippen LogP contribution < -0.4 is 0 Å². The van der Waals surface area contributed by atoms with Crippen molar-refractivity contribution in [3.05, 3.63) is 4.91 Å². The molecule has 0 spiro atoms. The minimum atomic E-state index is -0.426. The molecular formula is C4H7N2O2+. The Kier molecular flexibility index (Phi) is 1.00. The zero-order valence-electron chi connectivity index (χ0n) is 4.63. The first kappa shape index (κ1) is 5.21. The summed E-state index contributed by atoms with van der Waals surface area (Å²) in [6.45, 7) is 0.873. The first-order chi connectivity index (χ1) is 3.72. The molecule has 1 fully saturated rings. The highest BCUT2D eigenvalue weighted by molar-refractivity contribution is 5.66. The predicted molar refractivity (Wildman–Crippen MR) is 26.5 cm³/mol. The van der Waals surface area contributed by atoms with E-state index in [-0.39, 0.29) is 0 Å². The van der Waals surface area contributed by atoms with E-state index in [0.717, 1.165) is 0 Å². The Balaban J connectivity index is 2.71. The molecule has 0 bridgehead atoms. The van der Waals surface area contributed by atoms with Crippen molar-refractivity contribution in [2.75, 3.05) is 20.1 Å². The molecule has 4 nitrogen and oxygen atoms in total. The summed E-state index contributed by atoms with van der Waals surface area (Å²) in [4.78, 5) is 22.2. The van der Waals surface area contributed by atoms with Gasteiger partial charge in [0.05, 0.1) is 7.05 Å². The summed E-state index contributed by atoms with van der Waals surface area (Å²) in [5.41, 5.74) is 0. The van der Waals surface area contributed by atoms with Crippen LogP contribution in [-0.2, 0) is 0 Å². The summed E-state index contributed by atoms with van der Waals surface area (Å²) in [6.07, 6.45) is 0. The van der Waals surface area contributed by atoms with Gasteiger partial charge in [-0.25, -0.2) is 4.90 Å². The van der Waals surface area contributed by atoms with Crippen molar-refractivity contribution < 1.29 is 9.55 Å². The van der Waals surface area contributed by atoms with Gasteiger partial charge in [-0.1, -0.05) is 4.91 Å². The number of nitroso groups, excluding NO2 is 1. The third-order valence-corrected chi connectivity index (χ3v) is 1.18. The Hall–Kier alpha value is -0.930. The minimum absolute atomic E-state index is 0.315. The Bertz CT molecular complexity index is 143. The zero-order chi connectivity index (χ0) is 6.15. The number of carbonyl (C=O) groups excluding carboxylic acids is 1. The van der Waals surface area contributed by atoms with Crippen LogP contribution in [0.2, 0.25) is 0 Å². The van der Waals surface area contributed by atoms with Gasteiger partial charge in [0, 0.05) is 4.76 Å². The van der Waals surface area contributed by atoms with Gasteiger partial charge in [0.2, 0.25) is 0 Å². The average Bonchev–Trinajstić information content (AvgIpc) is 1.98. The molecule has 0 aromatic rings. The van der Waals surface area contributed by atoms with E-state index in [4.69, 9.17) is 0 Å². The molecule has 1 heterocycles. The van der Waals surface area contributed by atoms with Crippen molar-refractivity contribution in [3.8, 4) is 0 Å². The summed E-state index contributed by atoms with van der Waals surface area (Å²) in [5.74, 6) is 0.